The van der Waals surface area contributed by atoms with Crippen molar-refractivity contribution in [1.82, 2.24) is 20.2 Å². The summed E-state index contributed by atoms with van der Waals surface area (Å²) < 4.78 is 2.25. The fourth-order valence-electron chi connectivity index (χ4n) is 4.81. The lowest BCUT2D eigenvalue weighted by Crippen LogP contribution is -2.43. The molecule has 0 bridgehead atoms. The number of nitrogens with zero attached hydrogens (tertiary/aromatic N) is 3. The number of hydrogen-bond donors (Lipinski definition) is 1. The first-order valence-corrected chi connectivity index (χ1v) is 10.5. The number of hydrogen-bond acceptors (Lipinski definition) is 3. The lowest BCUT2D eigenvalue weighted by Gasteiger charge is -2.25. The molecule has 2 fully saturated rings. The molecule has 5 nitrogen and oxygen atoms in total. The number of carbonyl (C=O) groups excluding carboxylic acids is 1. The highest BCUT2D eigenvalue weighted by Gasteiger charge is 2.29. The molecule has 0 unspecified atom stereocenters. The van der Waals surface area contributed by atoms with Gasteiger partial charge in [0.2, 0.25) is 0 Å². The minimum atomic E-state index is 0.0228. The van der Waals surface area contributed by atoms with E-state index in [1.807, 2.05) is 0 Å². The molecule has 3 aliphatic rings. The lowest BCUT2D eigenvalue weighted by molar-refractivity contribution is 0.0786. The van der Waals surface area contributed by atoms with E-state index in [2.05, 4.69) is 15.1 Å². The molecule has 0 atom stereocenters. The largest absolute Gasteiger partial charge is 0.286 e. The maximum Gasteiger partial charge on any atom is 0.286 e. The monoisotopic (exact) mass is 344 g/mol. The molecule has 2 aliphatic carbocycles. The molecule has 138 valence electrons. The molecule has 2 heterocycles. The molecule has 1 saturated heterocycles. The molecule has 0 aromatic carbocycles. The number of fused-ring (bicyclic) bond motifs is 1. The van der Waals surface area contributed by atoms with Crippen LogP contribution in [0.3, 0.4) is 0 Å². The molecule has 1 amide bonds. The van der Waals surface area contributed by atoms with Crippen molar-refractivity contribution < 1.29 is 4.79 Å². The van der Waals surface area contributed by atoms with Gasteiger partial charge in [-0.1, -0.05) is 32.1 Å². The summed E-state index contributed by atoms with van der Waals surface area (Å²) in [6.07, 6.45) is 15.8. The predicted octanol–water partition coefficient (Wildman–Crippen LogP) is 3.79. The van der Waals surface area contributed by atoms with Gasteiger partial charge in [-0.2, -0.15) is 5.10 Å². The Bertz CT molecular complexity index is 595. The summed E-state index contributed by atoms with van der Waals surface area (Å²) in [5, 5.41) is 7.00. The van der Waals surface area contributed by atoms with Gasteiger partial charge in [0.05, 0.1) is 6.04 Å². The van der Waals surface area contributed by atoms with Crippen LogP contribution in [-0.4, -0.2) is 33.8 Å². The van der Waals surface area contributed by atoms with Crippen LogP contribution >= 0.6 is 0 Å². The molecule has 0 spiro atoms. The fourth-order valence-corrected chi connectivity index (χ4v) is 4.81. The number of rotatable bonds is 3. The molecular formula is C20H32N4O. The first-order chi connectivity index (χ1) is 12.3. The van der Waals surface area contributed by atoms with Crippen LogP contribution in [-0.2, 0) is 12.8 Å². The summed E-state index contributed by atoms with van der Waals surface area (Å²) in [7, 11) is 0. The number of aromatic nitrogens is 2. The van der Waals surface area contributed by atoms with Gasteiger partial charge in [-0.25, -0.2) is 5.01 Å². The number of carbonyl (C=O) groups is 1. The van der Waals surface area contributed by atoms with Crippen molar-refractivity contribution in [2.24, 2.45) is 0 Å². The summed E-state index contributed by atoms with van der Waals surface area (Å²) >= 11 is 0. The standard InChI is InChI=1S/C20H32N4O/c25-20(22-23-14-8-1-2-9-15-23)19-17-12-6-7-13-18(17)24(21-19)16-10-4-3-5-11-16/h16H,1-15H2,(H,22,25). The zero-order chi connectivity index (χ0) is 17.1. The van der Waals surface area contributed by atoms with E-state index < -0.39 is 0 Å². The second-order valence-electron chi connectivity index (χ2n) is 8.06. The minimum Gasteiger partial charge on any atom is -0.283 e. The quantitative estimate of drug-likeness (QED) is 0.907. The minimum absolute atomic E-state index is 0.0228. The summed E-state index contributed by atoms with van der Waals surface area (Å²) in [4.78, 5) is 13.0. The van der Waals surface area contributed by atoms with E-state index in [1.165, 1.54) is 81.9 Å². The van der Waals surface area contributed by atoms with Crippen molar-refractivity contribution in [2.75, 3.05) is 13.1 Å². The normalized spacial score (nSPS) is 23.0. The zero-order valence-corrected chi connectivity index (χ0v) is 15.4. The molecule has 1 saturated carbocycles. The molecular weight excluding hydrogens is 312 g/mol. The highest BCUT2D eigenvalue weighted by atomic mass is 16.2. The van der Waals surface area contributed by atoms with Crippen LogP contribution in [0, 0.1) is 0 Å². The molecule has 4 rings (SSSR count). The lowest BCUT2D eigenvalue weighted by atomic mass is 9.92. The molecule has 1 aromatic rings. The van der Waals surface area contributed by atoms with E-state index in [0.717, 1.165) is 25.9 Å². The van der Waals surface area contributed by atoms with Gasteiger partial charge in [0.15, 0.2) is 5.69 Å². The van der Waals surface area contributed by atoms with Crippen molar-refractivity contribution in [3.63, 3.8) is 0 Å². The van der Waals surface area contributed by atoms with Crippen LogP contribution in [0.4, 0.5) is 0 Å². The van der Waals surface area contributed by atoms with E-state index >= 15 is 0 Å². The number of hydrazine groups is 1. The smallest absolute Gasteiger partial charge is 0.283 e. The average Bonchev–Trinajstić information content (AvgIpc) is 2.86. The zero-order valence-electron chi connectivity index (χ0n) is 15.4. The van der Waals surface area contributed by atoms with Gasteiger partial charge < -0.3 is 0 Å². The van der Waals surface area contributed by atoms with Crippen molar-refractivity contribution in [3.8, 4) is 0 Å². The first-order valence-electron chi connectivity index (χ1n) is 10.5. The summed E-state index contributed by atoms with van der Waals surface area (Å²) in [6, 6.07) is 0.514. The van der Waals surface area contributed by atoms with Gasteiger partial charge >= 0.3 is 0 Å². The Balaban J connectivity index is 1.55. The van der Waals surface area contributed by atoms with E-state index in [-0.39, 0.29) is 5.91 Å². The Kier molecular flexibility index (Phi) is 5.39. The van der Waals surface area contributed by atoms with Gasteiger partial charge in [0.1, 0.15) is 0 Å². The third-order valence-electron chi connectivity index (χ3n) is 6.21. The van der Waals surface area contributed by atoms with Gasteiger partial charge in [0.25, 0.3) is 5.91 Å². The Labute approximate surface area is 151 Å². The van der Waals surface area contributed by atoms with E-state index in [1.54, 1.807) is 0 Å². The van der Waals surface area contributed by atoms with Crippen LogP contribution in [0.2, 0.25) is 0 Å². The molecule has 1 aliphatic heterocycles. The number of amides is 1. The van der Waals surface area contributed by atoms with Crippen molar-refractivity contribution in [2.45, 2.75) is 89.5 Å². The van der Waals surface area contributed by atoms with E-state index in [9.17, 15) is 4.79 Å². The topological polar surface area (TPSA) is 50.2 Å². The second kappa shape index (κ2) is 7.90. The summed E-state index contributed by atoms with van der Waals surface area (Å²) in [6.45, 7) is 1.94. The summed E-state index contributed by atoms with van der Waals surface area (Å²) in [5.41, 5.74) is 6.47. The Morgan fingerprint density at radius 3 is 2.32 bits per heavy atom. The van der Waals surface area contributed by atoms with Gasteiger partial charge in [-0.15, -0.1) is 0 Å². The van der Waals surface area contributed by atoms with Crippen molar-refractivity contribution >= 4 is 5.91 Å². The number of nitrogens with one attached hydrogen (secondary N) is 1. The third kappa shape index (κ3) is 3.76. The van der Waals surface area contributed by atoms with Crippen molar-refractivity contribution in [3.05, 3.63) is 17.0 Å². The highest BCUT2D eigenvalue weighted by molar-refractivity contribution is 5.93. The van der Waals surface area contributed by atoms with E-state index in [0.29, 0.717) is 11.7 Å². The van der Waals surface area contributed by atoms with Crippen molar-refractivity contribution in [1.29, 1.82) is 0 Å². The molecule has 1 aromatic heterocycles. The van der Waals surface area contributed by atoms with Crippen LogP contribution in [0.5, 0.6) is 0 Å². The van der Waals surface area contributed by atoms with Crippen LogP contribution in [0.15, 0.2) is 0 Å². The summed E-state index contributed by atoms with van der Waals surface area (Å²) in [5.74, 6) is 0.0228. The average molecular weight is 345 g/mol. The first kappa shape index (κ1) is 17.1. The molecule has 25 heavy (non-hydrogen) atoms. The third-order valence-corrected chi connectivity index (χ3v) is 6.21. The van der Waals surface area contributed by atoms with E-state index in [4.69, 9.17) is 5.10 Å². The Morgan fingerprint density at radius 2 is 1.56 bits per heavy atom. The second-order valence-corrected chi connectivity index (χ2v) is 8.06. The van der Waals surface area contributed by atoms with Crippen LogP contribution < -0.4 is 5.43 Å². The molecule has 0 radical (unpaired) electrons. The molecule has 1 N–H and O–H groups in total. The molecule has 5 heteroatoms. The SMILES string of the molecule is O=C(NN1CCCCCC1)c1nn(C2CCCCC2)c2c1CCCC2. The van der Waals surface area contributed by atoms with Crippen LogP contribution in [0.25, 0.3) is 0 Å². The Morgan fingerprint density at radius 1 is 0.880 bits per heavy atom. The highest BCUT2D eigenvalue weighted by Crippen LogP contribution is 2.33. The van der Waals surface area contributed by atoms with Gasteiger partial charge in [0, 0.05) is 24.3 Å². The maximum absolute atomic E-state index is 13.0. The maximum atomic E-state index is 13.0. The fraction of sp³-hybridized carbons (Fsp3) is 0.800. The van der Waals surface area contributed by atoms with Gasteiger partial charge in [-0.3, -0.25) is 14.9 Å². The van der Waals surface area contributed by atoms with Gasteiger partial charge in [-0.05, 0) is 51.4 Å². The predicted molar refractivity (Wildman–Crippen MR) is 98.5 cm³/mol. The van der Waals surface area contributed by atoms with Crippen LogP contribution in [0.1, 0.15) is 98.4 Å². The Hall–Kier alpha value is -1.36.